The van der Waals surface area contributed by atoms with Crippen LogP contribution in [0.4, 0.5) is 0 Å². The zero-order valence-electron chi connectivity index (χ0n) is 10.4. The van der Waals surface area contributed by atoms with E-state index in [4.69, 9.17) is 0 Å². The number of fused-ring (bicyclic) bond motifs is 2. The lowest BCUT2D eigenvalue weighted by Crippen LogP contribution is -1.92. The van der Waals surface area contributed by atoms with Crippen LogP contribution < -0.4 is 0 Å². The van der Waals surface area contributed by atoms with Gasteiger partial charge in [0.25, 0.3) is 0 Å². The smallest absolute Gasteiger partial charge is 0.161 e. The van der Waals surface area contributed by atoms with E-state index in [0.29, 0.717) is 0 Å². The minimum atomic E-state index is 0.824. The van der Waals surface area contributed by atoms with Gasteiger partial charge in [0.2, 0.25) is 0 Å². The van der Waals surface area contributed by atoms with E-state index in [2.05, 4.69) is 25.6 Å². The van der Waals surface area contributed by atoms with Gasteiger partial charge < -0.3 is 8.97 Å². The standard InChI is InChI=1S/C14H11N5/c1-18-12-5-3-2-4-10(12)17-14(18)11-9-19-7-6-15-8-13(19)16-11/h2-9H,1H3. The van der Waals surface area contributed by atoms with Gasteiger partial charge in [-0.2, -0.15) is 0 Å². The van der Waals surface area contributed by atoms with Crippen LogP contribution in [0.15, 0.2) is 49.1 Å². The maximum absolute atomic E-state index is 4.64. The van der Waals surface area contributed by atoms with Crippen LogP contribution in [0, 0.1) is 0 Å². The van der Waals surface area contributed by atoms with Gasteiger partial charge in [0, 0.05) is 25.6 Å². The molecule has 3 heterocycles. The van der Waals surface area contributed by atoms with Gasteiger partial charge in [-0.05, 0) is 12.1 Å². The third-order valence-corrected chi connectivity index (χ3v) is 3.28. The van der Waals surface area contributed by atoms with Crippen molar-refractivity contribution >= 4 is 16.7 Å². The Morgan fingerprint density at radius 1 is 1.11 bits per heavy atom. The van der Waals surface area contributed by atoms with E-state index in [-0.39, 0.29) is 0 Å². The monoisotopic (exact) mass is 249 g/mol. The lowest BCUT2D eigenvalue weighted by molar-refractivity contribution is 0.953. The van der Waals surface area contributed by atoms with Gasteiger partial charge in [0.05, 0.1) is 17.2 Å². The third-order valence-electron chi connectivity index (χ3n) is 3.28. The summed E-state index contributed by atoms with van der Waals surface area (Å²) in [5.41, 5.74) is 3.76. The lowest BCUT2D eigenvalue weighted by Gasteiger charge is -1.97. The van der Waals surface area contributed by atoms with Gasteiger partial charge in [-0.3, -0.25) is 4.98 Å². The van der Waals surface area contributed by atoms with Crippen LogP contribution in [0.3, 0.4) is 0 Å². The second-order valence-electron chi connectivity index (χ2n) is 4.45. The number of aromatic nitrogens is 5. The van der Waals surface area contributed by atoms with E-state index in [1.807, 2.05) is 42.0 Å². The molecule has 0 radical (unpaired) electrons. The minimum Gasteiger partial charge on any atom is -0.326 e. The average Bonchev–Trinajstić information content (AvgIpc) is 3.00. The molecule has 0 aliphatic heterocycles. The SMILES string of the molecule is Cn1c(-c2cn3ccncc3n2)nc2ccccc21. The molecule has 4 aromatic rings. The largest absolute Gasteiger partial charge is 0.326 e. The summed E-state index contributed by atoms with van der Waals surface area (Å²) in [5, 5.41) is 0. The highest BCUT2D eigenvalue weighted by molar-refractivity contribution is 5.80. The molecular weight excluding hydrogens is 238 g/mol. The fourth-order valence-electron chi connectivity index (χ4n) is 2.33. The molecule has 92 valence electrons. The minimum absolute atomic E-state index is 0.824. The van der Waals surface area contributed by atoms with E-state index in [1.165, 1.54) is 0 Å². The van der Waals surface area contributed by atoms with Crippen molar-refractivity contribution in [3.05, 3.63) is 49.1 Å². The molecule has 0 N–H and O–H groups in total. The molecule has 5 nitrogen and oxygen atoms in total. The molecule has 0 bridgehead atoms. The molecule has 0 saturated carbocycles. The molecule has 3 aromatic heterocycles. The Hall–Kier alpha value is -2.69. The van der Waals surface area contributed by atoms with Crippen molar-refractivity contribution in [3.63, 3.8) is 0 Å². The number of aryl methyl sites for hydroxylation is 1. The Balaban J connectivity index is 2.01. The molecule has 0 aliphatic rings. The van der Waals surface area contributed by atoms with Gasteiger partial charge in [-0.25, -0.2) is 9.97 Å². The highest BCUT2D eigenvalue weighted by Gasteiger charge is 2.12. The van der Waals surface area contributed by atoms with Crippen molar-refractivity contribution in [2.24, 2.45) is 7.05 Å². The number of hydrogen-bond donors (Lipinski definition) is 0. The molecule has 4 rings (SSSR count). The van der Waals surface area contributed by atoms with E-state index < -0.39 is 0 Å². The Morgan fingerprint density at radius 3 is 2.84 bits per heavy atom. The van der Waals surface area contributed by atoms with Gasteiger partial charge in [0.15, 0.2) is 11.5 Å². The highest BCUT2D eigenvalue weighted by atomic mass is 15.1. The molecule has 0 unspecified atom stereocenters. The average molecular weight is 249 g/mol. The first-order valence-electron chi connectivity index (χ1n) is 6.03. The Labute approximate surface area is 109 Å². The van der Waals surface area contributed by atoms with Crippen LogP contribution in [-0.2, 0) is 7.05 Å². The first kappa shape index (κ1) is 10.3. The number of rotatable bonds is 1. The quantitative estimate of drug-likeness (QED) is 0.520. The summed E-state index contributed by atoms with van der Waals surface area (Å²) in [4.78, 5) is 13.3. The molecule has 0 amide bonds. The number of hydrogen-bond acceptors (Lipinski definition) is 3. The zero-order valence-corrected chi connectivity index (χ0v) is 10.4. The summed E-state index contributed by atoms with van der Waals surface area (Å²) in [7, 11) is 2.01. The fraction of sp³-hybridized carbons (Fsp3) is 0.0714. The van der Waals surface area contributed by atoms with Crippen LogP contribution in [0.25, 0.3) is 28.2 Å². The first-order valence-corrected chi connectivity index (χ1v) is 6.03. The second kappa shape index (κ2) is 3.65. The highest BCUT2D eigenvalue weighted by Crippen LogP contribution is 2.22. The molecule has 19 heavy (non-hydrogen) atoms. The van der Waals surface area contributed by atoms with Gasteiger partial charge in [-0.15, -0.1) is 0 Å². The van der Waals surface area contributed by atoms with Crippen LogP contribution in [0.5, 0.6) is 0 Å². The molecule has 1 aromatic carbocycles. The van der Waals surface area contributed by atoms with E-state index in [1.54, 1.807) is 12.4 Å². The summed E-state index contributed by atoms with van der Waals surface area (Å²) >= 11 is 0. The molecule has 5 heteroatoms. The van der Waals surface area contributed by atoms with Crippen LogP contribution in [0.2, 0.25) is 0 Å². The molecule has 0 saturated heterocycles. The molecule has 0 fully saturated rings. The zero-order chi connectivity index (χ0) is 12.8. The van der Waals surface area contributed by atoms with E-state index in [9.17, 15) is 0 Å². The maximum atomic E-state index is 4.64. The van der Waals surface area contributed by atoms with Crippen LogP contribution >= 0.6 is 0 Å². The van der Waals surface area contributed by atoms with Crippen molar-refractivity contribution < 1.29 is 0 Å². The lowest BCUT2D eigenvalue weighted by atomic mass is 10.3. The summed E-state index contributed by atoms with van der Waals surface area (Å²) < 4.78 is 4.01. The van der Waals surface area contributed by atoms with Crippen molar-refractivity contribution in [3.8, 4) is 11.5 Å². The van der Waals surface area contributed by atoms with Crippen molar-refractivity contribution in [1.29, 1.82) is 0 Å². The van der Waals surface area contributed by atoms with E-state index in [0.717, 1.165) is 28.2 Å². The third kappa shape index (κ3) is 1.45. The summed E-state index contributed by atoms with van der Waals surface area (Å²) in [5.74, 6) is 0.866. The number of nitrogens with zero attached hydrogens (tertiary/aromatic N) is 5. The Kier molecular flexibility index (Phi) is 1.97. The molecular formula is C14H11N5. The summed E-state index contributed by atoms with van der Waals surface area (Å²) in [6.45, 7) is 0. The Bertz CT molecular complexity index is 854. The second-order valence-corrected chi connectivity index (χ2v) is 4.45. The molecule has 0 spiro atoms. The Morgan fingerprint density at radius 2 is 2.00 bits per heavy atom. The van der Waals surface area contributed by atoms with Gasteiger partial charge in [0.1, 0.15) is 5.69 Å². The number of para-hydroxylation sites is 2. The van der Waals surface area contributed by atoms with Crippen molar-refractivity contribution in [2.45, 2.75) is 0 Å². The molecule has 0 aliphatic carbocycles. The molecule has 0 atom stereocenters. The van der Waals surface area contributed by atoms with Crippen LogP contribution in [0.1, 0.15) is 0 Å². The van der Waals surface area contributed by atoms with Crippen LogP contribution in [-0.4, -0.2) is 23.9 Å². The van der Waals surface area contributed by atoms with Gasteiger partial charge in [-0.1, -0.05) is 12.1 Å². The van der Waals surface area contributed by atoms with Crippen molar-refractivity contribution in [1.82, 2.24) is 23.9 Å². The fourth-order valence-corrected chi connectivity index (χ4v) is 2.33. The predicted octanol–water partition coefficient (Wildman–Crippen LogP) is 2.28. The number of benzene rings is 1. The van der Waals surface area contributed by atoms with Crippen molar-refractivity contribution in [2.75, 3.05) is 0 Å². The van der Waals surface area contributed by atoms with Gasteiger partial charge >= 0.3 is 0 Å². The predicted molar refractivity (Wildman–Crippen MR) is 72.7 cm³/mol. The first-order chi connectivity index (χ1) is 9.33. The normalized spacial score (nSPS) is 11.4. The number of imidazole rings is 2. The summed E-state index contributed by atoms with van der Waals surface area (Å²) in [6.07, 6.45) is 7.34. The topological polar surface area (TPSA) is 48.0 Å². The van der Waals surface area contributed by atoms with E-state index >= 15 is 0 Å². The summed E-state index contributed by atoms with van der Waals surface area (Å²) in [6, 6.07) is 8.08. The maximum Gasteiger partial charge on any atom is 0.161 e.